The summed E-state index contributed by atoms with van der Waals surface area (Å²) < 4.78 is 11.7. The Morgan fingerprint density at radius 1 is 1.10 bits per heavy atom. The maximum atomic E-state index is 11.8. The molecule has 6 heteroatoms. The van der Waals surface area contributed by atoms with Gasteiger partial charge in [-0.15, -0.1) is 0 Å². The standard InChI is InChI=1S/C24H32N2O4/c1-4-7-10-19(8-5-2)29-20-15-25-22(26-16-20)17-11-13-18(14-12-17)24(23(27)28)21(30-24)9-6-3/h11-16,19,21H,4-10H2,1-3H3,(H,27,28)/t19?,21-,24-/m1/s1. The minimum atomic E-state index is -1.21. The number of epoxide rings is 1. The Labute approximate surface area is 178 Å². The highest BCUT2D eigenvalue weighted by atomic mass is 16.6. The number of unbranched alkanes of at least 4 members (excludes halogenated alkanes) is 1. The van der Waals surface area contributed by atoms with Gasteiger partial charge in [0.25, 0.3) is 0 Å². The Hall–Kier alpha value is -2.47. The third-order valence-electron chi connectivity index (χ3n) is 5.59. The van der Waals surface area contributed by atoms with Crippen molar-refractivity contribution in [3.63, 3.8) is 0 Å². The smallest absolute Gasteiger partial charge is 0.343 e. The van der Waals surface area contributed by atoms with Crippen molar-refractivity contribution >= 4 is 5.97 Å². The zero-order valence-electron chi connectivity index (χ0n) is 18.1. The van der Waals surface area contributed by atoms with E-state index in [1.807, 2.05) is 19.1 Å². The Bertz CT molecular complexity index is 822. The molecule has 1 aromatic carbocycles. The summed E-state index contributed by atoms with van der Waals surface area (Å²) in [5, 5.41) is 9.67. The van der Waals surface area contributed by atoms with Gasteiger partial charge in [0, 0.05) is 5.56 Å². The summed E-state index contributed by atoms with van der Waals surface area (Å²) in [5.74, 6) is 0.334. The lowest BCUT2D eigenvalue weighted by atomic mass is 9.92. The highest BCUT2D eigenvalue weighted by Crippen LogP contribution is 2.49. The molecule has 1 unspecified atom stereocenters. The number of carboxylic acids is 1. The topological polar surface area (TPSA) is 84.8 Å². The van der Waals surface area contributed by atoms with E-state index in [4.69, 9.17) is 9.47 Å². The van der Waals surface area contributed by atoms with Crippen LogP contribution in [0.2, 0.25) is 0 Å². The number of nitrogens with zero attached hydrogens (tertiary/aromatic N) is 2. The second-order valence-electron chi connectivity index (χ2n) is 7.93. The van der Waals surface area contributed by atoms with E-state index in [1.165, 1.54) is 0 Å². The lowest BCUT2D eigenvalue weighted by Gasteiger charge is -2.18. The summed E-state index contributed by atoms with van der Waals surface area (Å²) in [4.78, 5) is 20.7. The zero-order chi connectivity index (χ0) is 21.6. The van der Waals surface area contributed by atoms with Gasteiger partial charge in [-0.05, 0) is 24.8 Å². The second-order valence-corrected chi connectivity index (χ2v) is 7.93. The van der Waals surface area contributed by atoms with Gasteiger partial charge in [-0.1, -0.05) is 70.7 Å². The summed E-state index contributed by atoms with van der Waals surface area (Å²) in [6.45, 7) is 6.37. The monoisotopic (exact) mass is 412 g/mol. The largest absolute Gasteiger partial charge is 0.487 e. The van der Waals surface area contributed by atoms with Gasteiger partial charge in [0.2, 0.25) is 5.60 Å². The van der Waals surface area contributed by atoms with Crippen molar-refractivity contribution in [2.45, 2.75) is 83.5 Å². The van der Waals surface area contributed by atoms with E-state index in [-0.39, 0.29) is 12.2 Å². The predicted molar refractivity (Wildman–Crippen MR) is 115 cm³/mol. The number of hydrogen-bond acceptors (Lipinski definition) is 5. The third kappa shape index (κ3) is 4.81. The van der Waals surface area contributed by atoms with Crippen molar-refractivity contribution in [3.05, 3.63) is 42.2 Å². The van der Waals surface area contributed by atoms with Crippen molar-refractivity contribution in [3.8, 4) is 17.1 Å². The maximum Gasteiger partial charge on any atom is 0.343 e. The van der Waals surface area contributed by atoms with Crippen molar-refractivity contribution in [2.24, 2.45) is 0 Å². The predicted octanol–water partition coefficient (Wildman–Crippen LogP) is 5.36. The normalized spacial score (nSPS) is 21.2. The Balaban J connectivity index is 1.69. The summed E-state index contributed by atoms with van der Waals surface area (Å²) >= 11 is 0. The van der Waals surface area contributed by atoms with Crippen LogP contribution in [-0.4, -0.2) is 33.3 Å². The van der Waals surface area contributed by atoms with Crippen molar-refractivity contribution in [2.75, 3.05) is 0 Å². The van der Waals surface area contributed by atoms with E-state index < -0.39 is 11.6 Å². The molecular formula is C24H32N2O4. The highest BCUT2D eigenvalue weighted by molar-refractivity contribution is 5.83. The maximum absolute atomic E-state index is 11.8. The van der Waals surface area contributed by atoms with Gasteiger partial charge in [0.15, 0.2) is 11.6 Å². The first-order valence-corrected chi connectivity index (χ1v) is 11.1. The first-order valence-electron chi connectivity index (χ1n) is 11.1. The average molecular weight is 413 g/mol. The number of benzene rings is 1. The first-order chi connectivity index (χ1) is 14.5. The summed E-state index contributed by atoms with van der Waals surface area (Å²) in [6, 6.07) is 7.30. The van der Waals surface area contributed by atoms with Crippen LogP contribution in [0.25, 0.3) is 11.4 Å². The summed E-state index contributed by atoms with van der Waals surface area (Å²) in [5.41, 5.74) is 0.282. The molecule has 30 heavy (non-hydrogen) atoms. The zero-order valence-corrected chi connectivity index (χ0v) is 18.1. The molecule has 2 aromatic rings. The third-order valence-corrected chi connectivity index (χ3v) is 5.59. The van der Waals surface area contributed by atoms with Crippen molar-refractivity contribution < 1.29 is 19.4 Å². The van der Waals surface area contributed by atoms with Crippen LogP contribution in [0.3, 0.4) is 0 Å². The quantitative estimate of drug-likeness (QED) is 0.472. The molecule has 1 aliphatic heterocycles. The molecule has 0 radical (unpaired) electrons. The number of carbonyl (C=O) groups is 1. The number of carboxylic acid groups (broad SMARTS) is 1. The minimum Gasteiger partial charge on any atom is -0.487 e. The van der Waals surface area contributed by atoms with Crippen molar-refractivity contribution in [1.29, 1.82) is 0 Å². The fourth-order valence-corrected chi connectivity index (χ4v) is 3.88. The molecule has 0 saturated carbocycles. The molecule has 0 spiro atoms. The van der Waals surface area contributed by atoms with Crippen LogP contribution >= 0.6 is 0 Å². The lowest BCUT2D eigenvalue weighted by molar-refractivity contribution is -0.143. The lowest BCUT2D eigenvalue weighted by Crippen LogP contribution is -2.24. The SMILES string of the molecule is CCCCC(CCC)Oc1cnc(-c2ccc([C@@]3(C(=O)O)O[C@@H]3CCC)cc2)nc1. The minimum absolute atomic E-state index is 0.200. The molecule has 1 saturated heterocycles. The van der Waals surface area contributed by atoms with Crippen LogP contribution in [0.4, 0.5) is 0 Å². The fraction of sp³-hybridized carbons (Fsp3) is 0.542. The number of aromatic nitrogens is 2. The van der Waals surface area contributed by atoms with E-state index in [0.29, 0.717) is 17.1 Å². The van der Waals surface area contributed by atoms with E-state index in [1.54, 1.807) is 24.5 Å². The van der Waals surface area contributed by atoms with Gasteiger partial charge >= 0.3 is 5.97 Å². The van der Waals surface area contributed by atoms with Crippen LogP contribution in [0.5, 0.6) is 5.75 Å². The van der Waals surface area contributed by atoms with Crippen molar-refractivity contribution in [1.82, 2.24) is 9.97 Å². The summed E-state index contributed by atoms with van der Waals surface area (Å²) in [6.07, 6.45) is 10.4. The molecular weight excluding hydrogens is 380 g/mol. The van der Waals surface area contributed by atoms with Gasteiger partial charge in [0.05, 0.1) is 18.5 Å². The molecule has 0 bridgehead atoms. The van der Waals surface area contributed by atoms with Gasteiger partial charge in [-0.25, -0.2) is 14.8 Å². The van der Waals surface area contributed by atoms with Crippen LogP contribution < -0.4 is 4.74 Å². The molecule has 2 heterocycles. The number of aliphatic carboxylic acids is 1. The average Bonchev–Trinajstić information content (AvgIpc) is 3.48. The molecule has 0 aliphatic carbocycles. The van der Waals surface area contributed by atoms with Gasteiger partial charge in [-0.2, -0.15) is 0 Å². The molecule has 1 aliphatic rings. The van der Waals surface area contributed by atoms with Crippen LogP contribution in [0.15, 0.2) is 36.7 Å². The molecule has 6 nitrogen and oxygen atoms in total. The Morgan fingerprint density at radius 2 is 1.80 bits per heavy atom. The fourth-order valence-electron chi connectivity index (χ4n) is 3.88. The molecule has 1 fully saturated rings. The van der Waals surface area contributed by atoms with E-state index in [9.17, 15) is 9.90 Å². The van der Waals surface area contributed by atoms with Gasteiger partial charge in [0.1, 0.15) is 6.10 Å². The van der Waals surface area contributed by atoms with E-state index >= 15 is 0 Å². The highest BCUT2D eigenvalue weighted by Gasteiger charge is 2.63. The van der Waals surface area contributed by atoms with Gasteiger partial charge in [-0.3, -0.25) is 0 Å². The number of ether oxygens (including phenoxy) is 2. The number of hydrogen-bond donors (Lipinski definition) is 1. The van der Waals surface area contributed by atoms with Crippen LogP contribution in [-0.2, 0) is 15.1 Å². The van der Waals surface area contributed by atoms with Crippen LogP contribution in [0.1, 0.15) is 71.3 Å². The Kier molecular flexibility index (Phi) is 7.43. The summed E-state index contributed by atoms with van der Waals surface area (Å²) in [7, 11) is 0. The number of rotatable bonds is 12. The van der Waals surface area contributed by atoms with Crippen LogP contribution in [0, 0.1) is 0 Å². The van der Waals surface area contributed by atoms with E-state index in [0.717, 1.165) is 50.5 Å². The molecule has 0 amide bonds. The Morgan fingerprint density at radius 3 is 2.37 bits per heavy atom. The molecule has 3 atom stereocenters. The van der Waals surface area contributed by atoms with Gasteiger partial charge < -0.3 is 14.6 Å². The molecule has 162 valence electrons. The van der Waals surface area contributed by atoms with E-state index in [2.05, 4.69) is 23.8 Å². The molecule has 1 N–H and O–H groups in total. The second kappa shape index (κ2) is 10.0. The molecule has 1 aromatic heterocycles. The molecule has 3 rings (SSSR count). The first kappa shape index (κ1) is 22.2.